The van der Waals surface area contributed by atoms with E-state index in [0.29, 0.717) is 22.8 Å². The second kappa shape index (κ2) is 7.18. The molecule has 0 saturated carbocycles. The van der Waals surface area contributed by atoms with E-state index < -0.39 is 10.0 Å². The quantitative estimate of drug-likeness (QED) is 0.780. The Morgan fingerprint density at radius 1 is 0.826 bits per heavy atom. The zero-order valence-electron chi connectivity index (χ0n) is 13.4. The van der Waals surface area contributed by atoms with Crippen LogP contribution in [0.3, 0.4) is 0 Å². The first-order valence-electron chi connectivity index (χ1n) is 8.49. The van der Waals surface area contributed by atoms with Gasteiger partial charge in [-0.1, -0.05) is 25.1 Å². The molecule has 2 heterocycles. The summed E-state index contributed by atoms with van der Waals surface area (Å²) in [6.45, 7) is 2.62. The fourth-order valence-corrected chi connectivity index (χ4v) is 5.31. The molecule has 1 aromatic carbocycles. The number of hydrogen-bond donors (Lipinski definition) is 0. The summed E-state index contributed by atoms with van der Waals surface area (Å²) in [7, 11) is -3.49. The summed E-state index contributed by atoms with van der Waals surface area (Å²) in [5.41, 5.74) is 1.12. The van der Waals surface area contributed by atoms with Crippen molar-refractivity contribution in [1.82, 2.24) is 4.31 Å². The molecule has 2 aliphatic heterocycles. The molecule has 0 N–H and O–H groups in total. The van der Waals surface area contributed by atoms with Crippen molar-refractivity contribution in [2.75, 3.05) is 24.5 Å². The van der Waals surface area contributed by atoms with E-state index in [9.17, 15) is 8.42 Å². The smallest absolute Gasteiger partial charge is 0.264 e. The molecule has 0 unspecified atom stereocenters. The van der Waals surface area contributed by atoms with Crippen molar-refractivity contribution in [1.29, 1.82) is 0 Å². The summed E-state index contributed by atoms with van der Waals surface area (Å²) in [5.74, 6) is 0. The van der Waals surface area contributed by atoms with Crippen LogP contribution in [-0.2, 0) is 10.0 Å². The Hall–Kier alpha value is -1.14. The van der Waals surface area contributed by atoms with Crippen LogP contribution in [0.5, 0.6) is 0 Å². The van der Waals surface area contributed by atoms with Gasteiger partial charge in [0.25, 0.3) is 10.0 Å². The van der Waals surface area contributed by atoms with E-state index >= 15 is 0 Å². The Labute approximate surface area is 144 Å². The van der Waals surface area contributed by atoms with Crippen LogP contribution in [0.15, 0.2) is 29.2 Å². The fraction of sp³-hybridized carbons (Fsp3) is 0.588. The predicted molar refractivity (Wildman–Crippen MR) is 97.5 cm³/mol. The van der Waals surface area contributed by atoms with Gasteiger partial charge in [0.05, 0.1) is 9.88 Å². The number of piperidine rings is 1. The lowest BCUT2D eigenvalue weighted by Crippen LogP contribution is -2.39. The number of benzene rings is 1. The molecule has 0 spiro atoms. The number of hydrogen-bond acceptors (Lipinski definition) is 4. The highest BCUT2D eigenvalue weighted by Gasteiger charge is 2.28. The lowest BCUT2D eigenvalue weighted by molar-refractivity contribution is 0.484. The van der Waals surface area contributed by atoms with Crippen molar-refractivity contribution in [3.8, 4) is 0 Å². The summed E-state index contributed by atoms with van der Waals surface area (Å²) in [6.07, 6.45) is 7.55. The zero-order valence-corrected chi connectivity index (χ0v) is 15.0. The molecule has 3 rings (SSSR count). The fourth-order valence-electron chi connectivity index (χ4n) is 3.32. The molecule has 0 aliphatic carbocycles. The highest BCUT2D eigenvalue weighted by Crippen LogP contribution is 2.25. The van der Waals surface area contributed by atoms with E-state index in [4.69, 9.17) is 12.2 Å². The van der Waals surface area contributed by atoms with Crippen LogP contribution in [0.4, 0.5) is 5.69 Å². The second-order valence-electron chi connectivity index (χ2n) is 6.32. The molecule has 0 radical (unpaired) electrons. The number of anilines is 1. The molecule has 2 saturated heterocycles. The molecular weight excluding hydrogens is 328 g/mol. The highest BCUT2D eigenvalue weighted by molar-refractivity contribution is 7.91. The standard InChI is InChI=1S/C17H24N2O2S2/c20-23(21,19-14-6-3-7-17(19)22)16-10-8-15(9-11-16)18-12-4-1-2-5-13-18/h8-11H,1-7,12-14H2. The first kappa shape index (κ1) is 16.7. The van der Waals surface area contributed by atoms with Crippen molar-refractivity contribution in [3.63, 3.8) is 0 Å². The van der Waals surface area contributed by atoms with Crippen molar-refractivity contribution >= 4 is 32.9 Å². The molecule has 23 heavy (non-hydrogen) atoms. The van der Waals surface area contributed by atoms with Gasteiger partial charge in [-0.3, -0.25) is 4.31 Å². The van der Waals surface area contributed by atoms with Crippen LogP contribution >= 0.6 is 12.2 Å². The maximum Gasteiger partial charge on any atom is 0.264 e. The number of thiocarbonyl (C=S) groups is 1. The average molecular weight is 353 g/mol. The first-order chi connectivity index (χ1) is 11.1. The summed E-state index contributed by atoms with van der Waals surface area (Å²) >= 11 is 5.26. The van der Waals surface area contributed by atoms with Gasteiger partial charge < -0.3 is 4.90 Å². The molecule has 0 bridgehead atoms. The average Bonchev–Trinajstić information content (AvgIpc) is 2.84. The second-order valence-corrected chi connectivity index (χ2v) is 8.66. The van der Waals surface area contributed by atoms with Gasteiger partial charge in [-0.2, -0.15) is 0 Å². The Balaban J connectivity index is 1.79. The van der Waals surface area contributed by atoms with Gasteiger partial charge in [-0.15, -0.1) is 0 Å². The van der Waals surface area contributed by atoms with Gasteiger partial charge in [0.2, 0.25) is 0 Å². The van der Waals surface area contributed by atoms with Crippen LogP contribution in [0.25, 0.3) is 0 Å². The van der Waals surface area contributed by atoms with Gasteiger partial charge in [0, 0.05) is 25.3 Å². The van der Waals surface area contributed by atoms with E-state index in [0.717, 1.165) is 31.6 Å². The van der Waals surface area contributed by atoms with Crippen molar-refractivity contribution in [2.45, 2.75) is 49.8 Å². The first-order valence-corrected chi connectivity index (χ1v) is 10.3. The van der Waals surface area contributed by atoms with E-state index in [1.54, 1.807) is 12.1 Å². The lowest BCUT2D eigenvalue weighted by Gasteiger charge is -2.29. The predicted octanol–water partition coefficient (Wildman–Crippen LogP) is 3.57. The van der Waals surface area contributed by atoms with Crippen molar-refractivity contribution in [2.24, 2.45) is 0 Å². The van der Waals surface area contributed by atoms with Gasteiger partial charge >= 0.3 is 0 Å². The minimum Gasteiger partial charge on any atom is -0.372 e. The lowest BCUT2D eigenvalue weighted by atomic mass is 10.2. The number of rotatable bonds is 3. The van der Waals surface area contributed by atoms with Crippen LogP contribution in [-0.4, -0.2) is 37.3 Å². The van der Waals surface area contributed by atoms with Gasteiger partial charge in [-0.25, -0.2) is 8.42 Å². The Morgan fingerprint density at radius 2 is 1.43 bits per heavy atom. The minimum absolute atomic E-state index is 0.348. The van der Waals surface area contributed by atoms with Crippen LogP contribution < -0.4 is 4.90 Å². The van der Waals surface area contributed by atoms with E-state index in [1.165, 1.54) is 30.0 Å². The van der Waals surface area contributed by atoms with Gasteiger partial charge in [0.15, 0.2) is 0 Å². The summed E-state index contributed by atoms with van der Waals surface area (Å²) in [5, 5.41) is 0. The molecule has 2 aliphatic rings. The molecular formula is C17H24N2O2S2. The zero-order chi connectivity index (χ0) is 16.3. The third kappa shape index (κ3) is 3.69. The molecule has 2 fully saturated rings. The third-order valence-corrected chi connectivity index (χ3v) is 7.07. The molecule has 0 amide bonds. The van der Waals surface area contributed by atoms with E-state index in [-0.39, 0.29) is 0 Å². The molecule has 1 aromatic rings. The maximum atomic E-state index is 12.8. The van der Waals surface area contributed by atoms with Crippen LogP contribution in [0.2, 0.25) is 0 Å². The van der Waals surface area contributed by atoms with Crippen LogP contribution in [0.1, 0.15) is 44.9 Å². The topological polar surface area (TPSA) is 40.6 Å². The van der Waals surface area contributed by atoms with E-state index in [1.807, 2.05) is 12.1 Å². The van der Waals surface area contributed by atoms with Crippen molar-refractivity contribution < 1.29 is 8.42 Å². The van der Waals surface area contributed by atoms with Crippen molar-refractivity contribution in [3.05, 3.63) is 24.3 Å². The molecule has 0 atom stereocenters. The SMILES string of the molecule is O=S(=O)(c1ccc(N2CCCCCC2)cc1)N1CCCCC1=S. The normalized spacial score (nSPS) is 20.4. The Morgan fingerprint density at radius 3 is 2.04 bits per heavy atom. The van der Waals surface area contributed by atoms with Gasteiger partial charge in [-0.05, 0) is 56.4 Å². The number of sulfonamides is 1. The molecule has 126 valence electrons. The van der Waals surface area contributed by atoms with E-state index in [2.05, 4.69) is 4.90 Å². The summed E-state index contributed by atoms with van der Waals surface area (Å²) in [6, 6.07) is 7.33. The Bertz CT molecular complexity index is 648. The minimum atomic E-state index is -3.49. The monoisotopic (exact) mass is 352 g/mol. The maximum absolute atomic E-state index is 12.8. The van der Waals surface area contributed by atoms with Crippen LogP contribution in [0, 0.1) is 0 Å². The third-order valence-electron chi connectivity index (χ3n) is 4.68. The number of nitrogens with zero attached hydrogens (tertiary/aromatic N) is 2. The van der Waals surface area contributed by atoms with Gasteiger partial charge in [0.1, 0.15) is 0 Å². The Kier molecular flexibility index (Phi) is 5.21. The largest absolute Gasteiger partial charge is 0.372 e. The summed E-state index contributed by atoms with van der Waals surface area (Å²) in [4.78, 5) is 3.25. The summed E-state index contributed by atoms with van der Waals surface area (Å²) < 4.78 is 26.9. The highest BCUT2D eigenvalue weighted by atomic mass is 32.2. The molecule has 6 heteroatoms. The molecule has 4 nitrogen and oxygen atoms in total. The molecule has 0 aromatic heterocycles.